The number of carbonyl (C=O) groups excluding carboxylic acids is 1. The van der Waals surface area contributed by atoms with Crippen LogP contribution in [0.1, 0.15) is 46.1 Å². The molecular weight excluding hydrogens is 364 g/mol. The van der Waals surface area contributed by atoms with E-state index in [1.807, 2.05) is 29.4 Å². The highest BCUT2D eigenvalue weighted by molar-refractivity contribution is 5.92. The van der Waals surface area contributed by atoms with Crippen molar-refractivity contribution in [2.75, 3.05) is 13.1 Å². The molecule has 4 heterocycles. The van der Waals surface area contributed by atoms with Crippen molar-refractivity contribution in [1.29, 1.82) is 0 Å². The van der Waals surface area contributed by atoms with Gasteiger partial charge in [0.2, 0.25) is 5.78 Å². The summed E-state index contributed by atoms with van der Waals surface area (Å²) in [6.07, 6.45) is 10.1. The lowest BCUT2D eigenvalue weighted by Gasteiger charge is -2.32. The van der Waals surface area contributed by atoms with Crippen molar-refractivity contribution in [3.63, 3.8) is 0 Å². The number of carbonyl (C=O) groups is 1. The first-order valence-corrected chi connectivity index (χ1v) is 9.93. The lowest BCUT2D eigenvalue weighted by atomic mass is 9.90. The highest BCUT2D eigenvalue weighted by atomic mass is 16.2. The van der Waals surface area contributed by atoms with Crippen molar-refractivity contribution in [3.05, 3.63) is 83.7 Å². The summed E-state index contributed by atoms with van der Waals surface area (Å²) >= 11 is 0. The molecule has 3 aromatic heterocycles. The monoisotopic (exact) mass is 386 g/mol. The average molecular weight is 386 g/mol. The molecule has 1 saturated heterocycles. The Kier molecular flexibility index (Phi) is 4.56. The summed E-state index contributed by atoms with van der Waals surface area (Å²) in [5.74, 6) is 0.761. The fourth-order valence-electron chi connectivity index (χ4n) is 4.12. The van der Waals surface area contributed by atoms with Crippen LogP contribution in [-0.4, -0.2) is 48.5 Å². The summed E-state index contributed by atoms with van der Waals surface area (Å²) < 4.78 is 1.78. The number of hydrogen-bond donors (Lipinski definition) is 1. The normalized spacial score (nSPS) is 17.0. The maximum absolute atomic E-state index is 13.1. The largest absolute Gasteiger partial charge is 0.337 e. The molecule has 1 aliphatic heterocycles. The van der Waals surface area contributed by atoms with E-state index in [1.165, 1.54) is 11.1 Å². The van der Waals surface area contributed by atoms with Gasteiger partial charge in [0.1, 0.15) is 5.69 Å². The van der Waals surface area contributed by atoms with Crippen molar-refractivity contribution in [2.45, 2.75) is 25.2 Å². The number of nitrogens with zero attached hydrogens (tertiary/aromatic N) is 5. The Hall–Kier alpha value is -3.48. The molecule has 4 aromatic rings. The number of benzene rings is 1. The lowest BCUT2D eigenvalue weighted by molar-refractivity contribution is 0.0700. The number of imidazole rings is 1. The summed E-state index contributed by atoms with van der Waals surface area (Å²) in [4.78, 5) is 23.6. The number of nitrogens with one attached hydrogen (secondary N) is 1. The molecule has 7 heteroatoms. The quantitative estimate of drug-likeness (QED) is 0.585. The number of piperidine rings is 1. The highest BCUT2D eigenvalue weighted by Crippen LogP contribution is 2.29. The van der Waals surface area contributed by atoms with Crippen molar-refractivity contribution in [2.24, 2.45) is 0 Å². The first-order valence-electron chi connectivity index (χ1n) is 9.93. The molecule has 1 atom stereocenters. The molecule has 7 nitrogen and oxygen atoms in total. The number of H-pyrrole nitrogens is 1. The zero-order valence-corrected chi connectivity index (χ0v) is 16.0. The fraction of sp³-hybridized carbons (Fsp3) is 0.273. The zero-order chi connectivity index (χ0) is 19.6. The molecule has 0 aliphatic carbocycles. The van der Waals surface area contributed by atoms with E-state index >= 15 is 0 Å². The Morgan fingerprint density at radius 3 is 2.97 bits per heavy atom. The van der Waals surface area contributed by atoms with Crippen molar-refractivity contribution in [3.8, 4) is 0 Å². The van der Waals surface area contributed by atoms with Gasteiger partial charge in [-0.25, -0.2) is 9.97 Å². The van der Waals surface area contributed by atoms with Crippen LogP contribution in [0.3, 0.4) is 0 Å². The number of aromatic amines is 1. The van der Waals surface area contributed by atoms with E-state index in [1.54, 1.807) is 16.8 Å². The van der Waals surface area contributed by atoms with Crippen LogP contribution in [0.2, 0.25) is 0 Å². The second kappa shape index (κ2) is 7.50. The number of fused-ring (bicyclic) bond motifs is 1. The SMILES string of the molecule is O=C(c1cn2cccnc2n1)N1CCCC(c2[nH]ncc2Cc2ccccc2)C1. The molecule has 0 saturated carbocycles. The maximum atomic E-state index is 13.1. The second-order valence-electron chi connectivity index (χ2n) is 7.51. The highest BCUT2D eigenvalue weighted by Gasteiger charge is 2.29. The summed E-state index contributed by atoms with van der Waals surface area (Å²) in [6, 6.07) is 12.2. The van der Waals surface area contributed by atoms with Crippen LogP contribution in [0.4, 0.5) is 0 Å². The molecule has 146 valence electrons. The Balaban J connectivity index is 1.34. The maximum Gasteiger partial charge on any atom is 0.274 e. The van der Waals surface area contributed by atoms with Crippen LogP contribution in [0.15, 0.2) is 61.2 Å². The van der Waals surface area contributed by atoms with E-state index in [4.69, 9.17) is 0 Å². The molecule has 29 heavy (non-hydrogen) atoms. The molecule has 0 radical (unpaired) electrons. The molecule has 1 N–H and O–H groups in total. The van der Waals surface area contributed by atoms with Crippen LogP contribution in [-0.2, 0) is 6.42 Å². The minimum atomic E-state index is -0.0377. The van der Waals surface area contributed by atoms with E-state index < -0.39 is 0 Å². The van der Waals surface area contributed by atoms with Gasteiger partial charge in [0, 0.05) is 49.7 Å². The summed E-state index contributed by atoms with van der Waals surface area (Å²) in [5, 5.41) is 7.50. The Bertz CT molecular complexity index is 1100. The van der Waals surface area contributed by atoms with Gasteiger partial charge in [-0.1, -0.05) is 30.3 Å². The number of hydrogen-bond acceptors (Lipinski definition) is 4. The first kappa shape index (κ1) is 17.6. The molecule has 1 amide bonds. The number of amides is 1. The van der Waals surface area contributed by atoms with Gasteiger partial charge in [-0.3, -0.25) is 14.3 Å². The summed E-state index contributed by atoms with van der Waals surface area (Å²) in [7, 11) is 0. The third kappa shape index (κ3) is 3.51. The van der Waals surface area contributed by atoms with Crippen LogP contribution in [0.25, 0.3) is 5.78 Å². The van der Waals surface area contributed by atoms with Gasteiger partial charge < -0.3 is 4.90 Å². The van der Waals surface area contributed by atoms with Gasteiger partial charge in [0.25, 0.3) is 5.91 Å². The minimum Gasteiger partial charge on any atom is -0.337 e. The van der Waals surface area contributed by atoms with E-state index in [0.29, 0.717) is 18.0 Å². The molecule has 1 aromatic carbocycles. The van der Waals surface area contributed by atoms with Crippen molar-refractivity contribution in [1.82, 2.24) is 29.5 Å². The summed E-state index contributed by atoms with van der Waals surface area (Å²) in [6.45, 7) is 1.42. The second-order valence-corrected chi connectivity index (χ2v) is 7.51. The molecule has 1 fully saturated rings. The van der Waals surface area contributed by atoms with Gasteiger partial charge in [-0.2, -0.15) is 5.10 Å². The lowest BCUT2D eigenvalue weighted by Crippen LogP contribution is -2.39. The van der Waals surface area contributed by atoms with Crippen LogP contribution < -0.4 is 0 Å². The minimum absolute atomic E-state index is 0.0377. The molecule has 1 aliphatic rings. The Morgan fingerprint density at radius 2 is 2.10 bits per heavy atom. The van der Waals surface area contributed by atoms with Gasteiger partial charge in [0.15, 0.2) is 0 Å². The predicted molar refractivity (Wildman–Crippen MR) is 109 cm³/mol. The van der Waals surface area contributed by atoms with E-state index in [2.05, 4.69) is 44.4 Å². The molecule has 1 unspecified atom stereocenters. The fourth-order valence-corrected chi connectivity index (χ4v) is 4.12. The number of aromatic nitrogens is 5. The third-order valence-corrected chi connectivity index (χ3v) is 5.56. The molecule has 5 rings (SSSR count). The van der Waals surface area contributed by atoms with Crippen LogP contribution in [0.5, 0.6) is 0 Å². The smallest absolute Gasteiger partial charge is 0.274 e. The number of rotatable bonds is 4. The van der Waals surface area contributed by atoms with Crippen molar-refractivity contribution >= 4 is 11.7 Å². The van der Waals surface area contributed by atoms with Crippen molar-refractivity contribution < 1.29 is 4.79 Å². The standard InChI is InChI=1S/C22H22N6O/c29-21(19-15-28-11-5-9-23-22(28)25-19)27-10-4-8-17(14-27)20-18(13-24-26-20)12-16-6-2-1-3-7-16/h1-3,5-7,9,11,13,15,17H,4,8,10,12,14H2,(H,24,26). The molecular formula is C22H22N6O. The third-order valence-electron chi connectivity index (χ3n) is 5.56. The molecule has 0 spiro atoms. The topological polar surface area (TPSA) is 79.2 Å². The first-order chi connectivity index (χ1) is 14.3. The van der Waals surface area contributed by atoms with E-state index in [0.717, 1.165) is 31.5 Å². The van der Waals surface area contributed by atoms with E-state index in [-0.39, 0.29) is 11.8 Å². The zero-order valence-electron chi connectivity index (χ0n) is 16.0. The van der Waals surface area contributed by atoms with Crippen LogP contribution >= 0.6 is 0 Å². The number of likely N-dealkylation sites (tertiary alicyclic amines) is 1. The van der Waals surface area contributed by atoms with Crippen LogP contribution in [0, 0.1) is 0 Å². The predicted octanol–water partition coefficient (Wildman–Crippen LogP) is 3.06. The average Bonchev–Trinajstić information content (AvgIpc) is 3.41. The summed E-state index contributed by atoms with van der Waals surface area (Å²) in [5.41, 5.74) is 4.05. The van der Waals surface area contributed by atoms with Gasteiger partial charge in [0.05, 0.1) is 6.20 Å². The van der Waals surface area contributed by atoms with Gasteiger partial charge in [-0.05, 0) is 30.0 Å². The Labute approximate surface area is 168 Å². The van der Waals surface area contributed by atoms with Gasteiger partial charge >= 0.3 is 0 Å². The molecule has 0 bridgehead atoms. The van der Waals surface area contributed by atoms with Gasteiger partial charge in [-0.15, -0.1) is 0 Å². The van der Waals surface area contributed by atoms with E-state index in [9.17, 15) is 4.79 Å². The Morgan fingerprint density at radius 1 is 1.21 bits per heavy atom.